The molecule has 1 heterocycles. The number of methoxy groups -OCH3 is 2. The second-order valence-corrected chi connectivity index (χ2v) is 17.7. The highest BCUT2D eigenvalue weighted by Gasteiger charge is 2.21. The lowest BCUT2D eigenvalue weighted by Gasteiger charge is -2.23. The summed E-state index contributed by atoms with van der Waals surface area (Å²) in [4.78, 5) is 28.0. The Morgan fingerprint density at radius 2 is 1.18 bits per heavy atom. The van der Waals surface area contributed by atoms with Gasteiger partial charge in [0, 0.05) is 41.6 Å². The van der Waals surface area contributed by atoms with Crippen molar-refractivity contribution in [2.24, 2.45) is 27.7 Å². The first-order chi connectivity index (χ1) is 33.1. The molecule has 1 aromatic heterocycles. The Hall–Kier alpha value is -6.02. The zero-order chi connectivity index (χ0) is 49.0. The number of carbonyl (C=O) groups excluding carboxylic acids is 1. The van der Waals surface area contributed by atoms with Crippen LogP contribution in [-0.4, -0.2) is 37.4 Å². The largest absolute Gasteiger partial charge is 0.493 e. The first-order valence-electron chi connectivity index (χ1n) is 25.2. The number of ether oxygens (including phenoxy) is 4. The topological polar surface area (TPSA) is 91.6 Å². The van der Waals surface area contributed by atoms with Crippen LogP contribution in [0.5, 0.6) is 23.0 Å². The SMILES string of the molecule is CC.CCCC(C=Nc1cc(OCc2cccc(COc3cc(N=CC(Cc4ccccc4CC)C(C)CC)c(C(C)=C4CCC4)cc3OC)n2)c(OC)cc1C(C)=O)Cc1ccccc1CC. The van der Waals surface area contributed by atoms with Crippen LogP contribution in [0.25, 0.3) is 5.57 Å². The van der Waals surface area contributed by atoms with Crippen molar-refractivity contribution >= 4 is 35.2 Å². The maximum absolute atomic E-state index is 12.9. The van der Waals surface area contributed by atoms with Crippen LogP contribution in [0.2, 0.25) is 0 Å². The quantitative estimate of drug-likeness (QED) is 0.0452. The number of ketones is 1. The van der Waals surface area contributed by atoms with Crippen LogP contribution < -0.4 is 18.9 Å². The van der Waals surface area contributed by atoms with Crippen LogP contribution >= 0.6 is 0 Å². The van der Waals surface area contributed by atoms with Gasteiger partial charge in [0.05, 0.1) is 37.0 Å². The van der Waals surface area contributed by atoms with Gasteiger partial charge >= 0.3 is 0 Å². The van der Waals surface area contributed by atoms with Gasteiger partial charge in [0.25, 0.3) is 0 Å². The van der Waals surface area contributed by atoms with Gasteiger partial charge in [-0.25, -0.2) is 0 Å². The molecule has 1 aliphatic rings. The molecule has 6 rings (SSSR count). The number of Topliss-reactive ketones (excluding diaryl/α,β-unsaturated/α-hetero) is 1. The van der Waals surface area contributed by atoms with Gasteiger partial charge in [0.2, 0.25) is 0 Å². The first-order valence-corrected chi connectivity index (χ1v) is 25.2. The lowest BCUT2D eigenvalue weighted by molar-refractivity contribution is 0.101. The average Bonchev–Trinajstić information content (AvgIpc) is 3.35. The molecule has 1 saturated carbocycles. The molecule has 0 radical (unpaired) electrons. The number of aryl methyl sites for hydroxylation is 2. The van der Waals surface area contributed by atoms with E-state index in [2.05, 4.69) is 102 Å². The molecule has 0 spiro atoms. The van der Waals surface area contributed by atoms with E-state index in [-0.39, 0.29) is 30.8 Å². The van der Waals surface area contributed by atoms with Crippen molar-refractivity contribution < 1.29 is 23.7 Å². The van der Waals surface area contributed by atoms with Crippen LogP contribution in [0.1, 0.15) is 150 Å². The van der Waals surface area contributed by atoms with Gasteiger partial charge in [-0.3, -0.25) is 19.8 Å². The maximum atomic E-state index is 12.9. The minimum Gasteiger partial charge on any atom is -0.493 e. The summed E-state index contributed by atoms with van der Waals surface area (Å²) in [5, 5.41) is 0. The minimum atomic E-state index is -0.0932. The summed E-state index contributed by atoms with van der Waals surface area (Å²) in [5.74, 6) is 3.07. The zero-order valence-corrected chi connectivity index (χ0v) is 42.9. The molecule has 0 aliphatic heterocycles. The molecule has 0 saturated heterocycles. The molecule has 1 fully saturated rings. The van der Waals surface area contributed by atoms with E-state index in [0.717, 1.165) is 74.7 Å². The molecular formula is C60H77N3O5. The van der Waals surface area contributed by atoms with Crippen molar-refractivity contribution in [3.05, 3.63) is 141 Å². The molecular weight excluding hydrogens is 843 g/mol. The van der Waals surface area contributed by atoms with Crippen molar-refractivity contribution in [3.63, 3.8) is 0 Å². The number of nitrogens with zero attached hydrogens (tertiary/aromatic N) is 3. The van der Waals surface area contributed by atoms with Crippen LogP contribution in [0.3, 0.4) is 0 Å². The van der Waals surface area contributed by atoms with Crippen LogP contribution in [0.15, 0.2) is 107 Å². The molecule has 0 amide bonds. The van der Waals surface area contributed by atoms with Crippen molar-refractivity contribution in [3.8, 4) is 23.0 Å². The van der Waals surface area contributed by atoms with Gasteiger partial charge in [-0.1, -0.05) is 121 Å². The second kappa shape index (κ2) is 27.1. The van der Waals surface area contributed by atoms with Crippen LogP contribution in [0, 0.1) is 17.8 Å². The molecule has 5 aromatic rings. The molecule has 4 aromatic carbocycles. The Balaban J connectivity index is 0.00000426. The monoisotopic (exact) mass is 920 g/mol. The lowest BCUT2D eigenvalue weighted by atomic mass is 9.85. The van der Waals surface area contributed by atoms with Gasteiger partial charge in [0.15, 0.2) is 28.8 Å². The van der Waals surface area contributed by atoms with Gasteiger partial charge in [-0.15, -0.1) is 0 Å². The maximum Gasteiger partial charge on any atom is 0.163 e. The summed E-state index contributed by atoms with van der Waals surface area (Å²) in [6.45, 7) is 19.3. The molecule has 8 heteroatoms. The van der Waals surface area contributed by atoms with Gasteiger partial charge < -0.3 is 18.9 Å². The van der Waals surface area contributed by atoms with E-state index in [1.165, 1.54) is 39.8 Å². The number of hydrogen-bond acceptors (Lipinski definition) is 8. The van der Waals surface area contributed by atoms with E-state index in [0.29, 0.717) is 45.9 Å². The molecule has 8 nitrogen and oxygen atoms in total. The number of aliphatic imine (C=N–C) groups is 2. The third-order valence-corrected chi connectivity index (χ3v) is 13.3. The molecule has 0 bridgehead atoms. The normalized spacial score (nSPS) is 13.6. The smallest absolute Gasteiger partial charge is 0.163 e. The Labute approximate surface area is 408 Å². The van der Waals surface area contributed by atoms with Crippen molar-refractivity contribution in [2.75, 3.05) is 14.2 Å². The average molecular weight is 920 g/mol. The van der Waals surface area contributed by atoms with E-state index in [1.807, 2.05) is 44.3 Å². The highest BCUT2D eigenvalue weighted by Crippen LogP contribution is 2.43. The highest BCUT2D eigenvalue weighted by molar-refractivity contribution is 6.00. The standard InChI is InChI=1S/C58H71N3O5.C2H6/c1-10-20-42(29-46-23-16-14-21-43(46)12-3)35-59-54-34-58(56(64-9)32-52(54)41(7)62)66-38-50-28-19-27-49(61-50)37-65-57-33-53(51(31-55(57)63-8)40(6)45-25-18-26-45)60-36-48(39(5)11-2)30-47-24-17-15-22-44(47)13-4;1-2/h14-17,19,21-24,27-28,31-36,39,42,48H,10-13,18,20,25-26,29-30,37-38H2,1-9H3;1-2H3. The van der Waals surface area contributed by atoms with E-state index < -0.39 is 0 Å². The Morgan fingerprint density at radius 3 is 1.66 bits per heavy atom. The predicted molar refractivity (Wildman–Crippen MR) is 283 cm³/mol. The predicted octanol–water partition coefficient (Wildman–Crippen LogP) is 15.5. The molecule has 0 N–H and O–H groups in total. The molecule has 3 unspecified atom stereocenters. The Kier molecular flexibility index (Phi) is 21.1. The summed E-state index contributed by atoms with van der Waals surface area (Å²) in [5.41, 5.74) is 12.7. The van der Waals surface area contributed by atoms with Gasteiger partial charge in [0.1, 0.15) is 13.2 Å². The summed E-state index contributed by atoms with van der Waals surface area (Å²) < 4.78 is 24.6. The number of aromatic nitrogens is 1. The fourth-order valence-corrected chi connectivity index (χ4v) is 8.76. The summed E-state index contributed by atoms with van der Waals surface area (Å²) >= 11 is 0. The number of hydrogen-bond donors (Lipinski definition) is 0. The summed E-state index contributed by atoms with van der Waals surface area (Å²) in [6, 6.07) is 30.9. The number of pyridine rings is 1. The van der Waals surface area contributed by atoms with E-state index in [4.69, 9.17) is 33.9 Å². The summed E-state index contributed by atoms with van der Waals surface area (Å²) in [7, 11) is 3.26. The summed E-state index contributed by atoms with van der Waals surface area (Å²) in [6.07, 6.45) is 14.5. The second-order valence-electron chi connectivity index (χ2n) is 17.7. The van der Waals surface area contributed by atoms with E-state index >= 15 is 0 Å². The van der Waals surface area contributed by atoms with Gasteiger partial charge in [-0.05, 0) is 129 Å². The molecule has 68 heavy (non-hydrogen) atoms. The third-order valence-electron chi connectivity index (χ3n) is 13.3. The fraction of sp³-hybridized carbons (Fsp3) is 0.433. The highest BCUT2D eigenvalue weighted by atomic mass is 16.5. The van der Waals surface area contributed by atoms with E-state index in [1.54, 1.807) is 33.3 Å². The fourth-order valence-electron chi connectivity index (χ4n) is 8.76. The first kappa shape index (κ1) is 52.9. The Bertz CT molecular complexity index is 2500. The lowest BCUT2D eigenvalue weighted by Crippen LogP contribution is -2.16. The molecule has 3 atom stereocenters. The number of benzene rings is 4. The molecule has 1 aliphatic carbocycles. The third kappa shape index (κ3) is 14.3. The van der Waals surface area contributed by atoms with Crippen molar-refractivity contribution in [1.82, 2.24) is 4.98 Å². The van der Waals surface area contributed by atoms with Gasteiger partial charge in [-0.2, -0.15) is 0 Å². The minimum absolute atomic E-state index is 0.0932. The number of rotatable bonds is 24. The van der Waals surface area contributed by atoms with Crippen LogP contribution in [0.4, 0.5) is 11.4 Å². The molecule has 362 valence electrons. The number of allylic oxidation sites excluding steroid dienone is 2. The number of carbonyl (C=O) groups is 1. The van der Waals surface area contributed by atoms with Crippen molar-refractivity contribution in [2.45, 2.75) is 140 Å². The van der Waals surface area contributed by atoms with E-state index in [9.17, 15) is 4.79 Å². The zero-order valence-electron chi connectivity index (χ0n) is 42.9. The van der Waals surface area contributed by atoms with Crippen molar-refractivity contribution in [1.29, 1.82) is 0 Å². The van der Waals surface area contributed by atoms with Crippen LogP contribution in [-0.2, 0) is 38.9 Å². The Morgan fingerprint density at radius 1 is 0.662 bits per heavy atom.